The number of carboxylic acids is 1. The van der Waals surface area contributed by atoms with Gasteiger partial charge in [-0.1, -0.05) is 0 Å². The Balaban J connectivity index is 2.43. The third-order valence-corrected chi connectivity index (χ3v) is 2.97. The molecular formula is C10H13F3O3. The van der Waals surface area contributed by atoms with Crippen molar-refractivity contribution in [3.8, 4) is 0 Å². The van der Waals surface area contributed by atoms with E-state index in [1.165, 1.54) is 0 Å². The Labute approximate surface area is 90.6 Å². The molecule has 1 N–H and O–H groups in total. The van der Waals surface area contributed by atoms with Crippen molar-refractivity contribution in [1.29, 1.82) is 0 Å². The van der Waals surface area contributed by atoms with Crippen LogP contribution in [-0.4, -0.2) is 23.0 Å². The highest BCUT2D eigenvalue weighted by molar-refractivity contribution is 5.96. The van der Waals surface area contributed by atoms with E-state index in [1.807, 2.05) is 0 Å². The summed E-state index contributed by atoms with van der Waals surface area (Å²) in [7, 11) is 0. The Morgan fingerprint density at radius 1 is 1.12 bits per heavy atom. The largest absolute Gasteiger partial charge is 0.481 e. The fraction of sp³-hybridized carbons (Fsp3) is 0.800. The number of Topliss-reactive ketones (excluding diaryl/α,β-unsaturated/α-hetero) is 1. The van der Waals surface area contributed by atoms with Crippen molar-refractivity contribution in [3.63, 3.8) is 0 Å². The molecule has 1 fully saturated rings. The quantitative estimate of drug-likeness (QED) is 0.768. The van der Waals surface area contributed by atoms with Crippen LogP contribution in [0.5, 0.6) is 0 Å². The van der Waals surface area contributed by atoms with Crippen LogP contribution in [0.2, 0.25) is 0 Å². The first kappa shape index (κ1) is 13.0. The molecule has 1 aliphatic carbocycles. The zero-order chi connectivity index (χ0) is 12.3. The van der Waals surface area contributed by atoms with E-state index in [-0.39, 0.29) is 25.7 Å². The lowest BCUT2D eigenvalue weighted by atomic mass is 9.79. The Bertz CT molecular complexity index is 278. The summed E-state index contributed by atoms with van der Waals surface area (Å²) in [6.07, 6.45) is -4.62. The zero-order valence-corrected chi connectivity index (χ0v) is 8.59. The number of halogens is 3. The molecule has 1 rings (SSSR count). The Hall–Kier alpha value is -1.07. The van der Waals surface area contributed by atoms with Crippen LogP contribution >= 0.6 is 0 Å². The van der Waals surface area contributed by atoms with Crippen molar-refractivity contribution >= 4 is 11.8 Å². The van der Waals surface area contributed by atoms with E-state index in [0.717, 1.165) is 0 Å². The molecule has 3 nitrogen and oxygen atoms in total. The van der Waals surface area contributed by atoms with Crippen LogP contribution in [0, 0.1) is 11.8 Å². The topological polar surface area (TPSA) is 54.4 Å². The molecule has 1 aliphatic rings. The van der Waals surface area contributed by atoms with Crippen LogP contribution in [0.15, 0.2) is 0 Å². The van der Waals surface area contributed by atoms with Gasteiger partial charge in [-0.15, -0.1) is 0 Å². The minimum atomic E-state index is -4.19. The van der Waals surface area contributed by atoms with Crippen LogP contribution in [0.3, 0.4) is 0 Å². The number of ketones is 1. The second kappa shape index (κ2) is 4.84. The summed E-state index contributed by atoms with van der Waals surface area (Å²) in [6.45, 7) is 0. The average Bonchev–Trinajstić information content (AvgIpc) is 2.15. The minimum absolute atomic E-state index is 0.0699. The predicted molar refractivity (Wildman–Crippen MR) is 48.8 cm³/mol. The van der Waals surface area contributed by atoms with Gasteiger partial charge < -0.3 is 5.11 Å². The standard InChI is InChI=1S/C10H13F3O3/c11-10(12,13)7-3-1-6(2-4-7)8(14)5-9(15)16/h6-7H,1-5H2,(H,15,16). The van der Waals surface area contributed by atoms with Crippen molar-refractivity contribution in [2.45, 2.75) is 38.3 Å². The van der Waals surface area contributed by atoms with E-state index in [4.69, 9.17) is 5.11 Å². The Kier molecular flexibility index (Phi) is 3.93. The summed E-state index contributed by atoms with van der Waals surface area (Å²) < 4.78 is 36.9. The van der Waals surface area contributed by atoms with E-state index >= 15 is 0 Å². The van der Waals surface area contributed by atoms with Gasteiger partial charge in [0.15, 0.2) is 0 Å². The van der Waals surface area contributed by atoms with Crippen molar-refractivity contribution < 1.29 is 27.9 Å². The van der Waals surface area contributed by atoms with Crippen LogP contribution in [0.1, 0.15) is 32.1 Å². The summed E-state index contributed by atoms with van der Waals surface area (Å²) in [5.74, 6) is -3.51. The molecule has 16 heavy (non-hydrogen) atoms. The molecule has 0 aromatic heterocycles. The van der Waals surface area contributed by atoms with Gasteiger partial charge in [-0.05, 0) is 25.7 Å². The van der Waals surface area contributed by atoms with Crippen molar-refractivity contribution in [3.05, 3.63) is 0 Å². The molecule has 0 bridgehead atoms. The highest BCUT2D eigenvalue weighted by Gasteiger charge is 2.42. The summed E-state index contributed by atoms with van der Waals surface area (Å²) in [4.78, 5) is 21.6. The molecule has 0 spiro atoms. The molecular weight excluding hydrogens is 225 g/mol. The van der Waals surface area contributed by atoms with Crippen LogP contribution in [0.25, 0.3) is 0 Å². The number of carbonyl (C=O) groups excluding carboxylic acids is 1. The van der Waals surface area contributed by atoms with Gasteiger partial charge in [-0.2, -0.15) is 13.2 Å². The second-order valence-electron chi connectivity index (χ2n) is 4.13. The maximum Gasteiger partial charge on any atom is 0.391 e. The molecule has 6 heteroatoms. The van der Waals surface area contributed by atoms with E-state index < -0.39 is 36.2 Å². The number of alkyl halides is 3. The molecule has 0 atom stereocenters. The predicted octanol–water partition coefficient (Wildman–Crippen LogP) is 2.40. The third kappa shape index (κ3) is 3.50. The Morgan fingerprint density at radius 2 is 1.62 bits per heavy atom. The highest BCUT2D eigenvalue weighted by Crippen LogP contribution is 2.39. The minimum Gasteiger partial charge on any atom is -0.481 e. The summed E-state index contributed by atoms with van der Waals surface area (Å²) in [5, 5.41) is 8.39. The van der Waals surface area contributed by atoms with E-state index in [2.05, 4.69) is 0 Å². The Morgan fingerprint density at radius 3 is 2.00 bits per heavy atom. The zero-order valence-electron chi connectivity index (χ0n) is 8.59. The van der Waals surface area contributed by atoms with Crippen molar-refractivity contribution in [2.75, 3.05) is 0 Å². The highest BCUT2D eigenvalue weighted by atomic mass is 19.4. The number of carboxylic acid groups (broad SMARTS) is 1. The molecule has 0 saturated heterocycles. The lowest BCUT2D eigenvalue weighted by Gasteiger charge is -2.28. The maximum absolute atomic E-state index is 12.3. The first-order valence-electron chi connectivity index (χ1n) is 5.12. The first-order valence-corrected chi connectivity index (χ1v) is 5.12. The van der Waals surface area contributed by atoms with Gasteiger partial charge in [0.05, 0.1) is 5.92 Å². The molecule has 1 saturated carbocycles. The summed E-state index contributed by atoms with van der Waals surface area (Å²) in [6, 6.07) is 0. The van der Waals surface area contributed by atoms with Gasteiger partial charge in [-0.25, -0.2) is 0 Å². The summed E-state index contributed by atoms with van der Waals surface area (Å²) >= 11 is 0. The number of hydrogen-bond acceptors (Lipinski definition) is 2. The van der Waals surface area contributed by atoms with E-state index in [9.17, 15) is 22.8 Å². The van der Waals surface area contributed by atoms with Gasteiger partial charge in [0.1, 0.15) is 12.2 Å². The normalized spacial score (nSPS) is 26.4. The van der Waals surface area contributed by atoms with Gasteiger partial charge in [0.2, 0.25) is 0 Å². The average molecular weight is 238 g/mol. The number of hydrogen-bond donors (Lipinski definition) is 1. The smallest absolute Gasteiger partial charge is 0.391 e. The number of carbonyl (C=O) groups is 2. The first-order chi connectivity index (χ1) is 7.30. The lowest BCUT2D eigenvalue weighted by Crippen LogP contribution is -2.30. The monoisotopic (exact) mass is 238 g/mol. The molecule has 92 valence electrons. The lowest BCUT2D eigenvalue weighted by molar-refractivity contribution is -0.184. The fourth-order valence-corrected chi connectivity index (χ4v) is 2.04. The van der Waals surface area contributed by atoms with Gasteiger partial charge in [0.25, 0.3) is 0 Å². The van der Waals surface area contributed by atoms with Crippen molar-refractivity contribution in [2.24, 2.45) is 11.8 Å². The van der Waals surface area contributed by atoms with Crippen molar-refractivity contribution in [1.82, 2.24) is 0 Å². The van der Waals surface area contributed by atoms with Crippen LogP contribution in [-0.2, 0) is 9.59 Å². The molecule has 0 amide bonds. The van der Waals surface area contributed by atoms with E-state index in [0.29, 0.717) is 0 Å². The van der Waals surface area contributed by atoms with Gasteiger partial charge in [0, 0.05) is 5.92 Å². The molecule has 0 heterocycles. The molecule has 0 aromatic carbocycles. The third-order valence-electron chi connectivity index (χ3n) is 2.97. The molecule has 0 aromatic rings. The van der Waals surface area contributed by atoms with Crippen LogP contribution < -0.4 is 0 Å². The summed E-state index contributed by atoms with van der Waals surface area (Å²) in [5.41, 5.74) is 0. The van der Waals surface area contributed by atoms with Gasteiger partial charge in [-0.3, -0.25) is 9.59 Å². The fourth-order valence-electron chi connectivity index (χ4n) is 2.04. The number of aliphatic carboxylic acids is 1. The maximum atomic E-state index is 12.3. The van der Waals surface area contributed by atoms with E-state index in [1.54, 1.807) is 0 Å². The SMILES string of the molecule is O=C(O)CC(=O)C1CCC(C(F)(F)F)CC1. The van der Waals surface area contributed by atoms with Crippen LogP contribution in [0.4, 0.5) is 13.2 Å². The molecule has 0 unspecified atom stereocenters. The molecule has 0 aliphatic heterocycles. The molecule has 0 radical (unpaired) electrons. The second-order valence-corrected chi connectivity index (χ2v) is 4.13. The number of rotatable bonds is 3. The van der Waals surface area contributed by atoms with Gasteiger partial charge >= 0.3 is 12.1 Å².